The second-order valence-corrected chi connectivity index (χ2v) is 5.03. The number of hydrogen-bond acceptors (Lipinski definition) is 2. The van der Waals surface area contributed by atoms with Crippen molar-refractivity contribution in [2.24, 2.45) is 0 Å². The lowest BCUT2D eigenvalue weighted by molar-refractivity contribution is 0.385. The highest BCUT2D eigenvalue weighted by atomic mass is 35.5. The fourth-order valence-corrected chi connectivity index (χ4v) is 2.36. The van der Waals surface area contributed by atoms with Crippen molar-refractivity contribution in [1.82, 2.24) is 5.32 Å². The van der Waals surface area contributed by atoms with Crippen molar-refractivity contribution in [3.63, 3.8) is 0 Å². The van der Waals surface area contributed by atoms with Gasteiger partial charge in [0.1, 0.15) is 0 Å². The van der Waals surface area contributed by atoms with Crippen molar-refractivity contribution < 1.29 is 9.13 Å². The van der Waals surface area contributed by atoms with Gasteiger partial charge in [-0.1, -0.05) is 29.8 Å². The minimum atomic E-state index is -0.368. The molecule has 0 heterocycles. The molecule has 0 spiro atoms. The van der Waals surface area contributed by atoms with Crippen LogP contribution in [0.2, 0.25) is 5.02 Å². The Hall–Kier alpha value is -1.58. The third-order valence-electron chi connectivity index (χ3n) is 3.33. The van der Waals surface area contributed by atoms with Gasteiger partial charge in [0.05, 0.1) is 13.2 Å². The predicted molar refractivity (Wildman–Crippen MR) is 80.0 cm³/mol. The molecule has 0 saturated heterocycles. The van der Waals surface area contributed by atoms with Crippen molar-refractivity contribution in [1.29, 1.82) is 0 Å². The van der Waals surface area contributed by atoms with E-state index < -0.39 is 0 Å². The zero-order valence-corrected chi connectivity index (χ0v) is 12.5. The van der Waals surface area contributed by atoms with Gasteiger partial charge in [-0.05, 0) is 48.9 Å². The number of aryl methyl sites for hydroxylation is 1. The summed E-state index contributed by atoms with van der Waals surface area (Å²) in [6.07, 6.45) is 0. The third kappa shape index (κ3) is 2.94. The summed E-state index contributed by atoms with van der Waals surface area (Å²) >= 11 is 6.17. The van der Waals surface area contributed by atoms with Crippen LogP contribution in [0.15, 0.2) is 36.4 Å². The van der Waals surface area contributed by atoms with Gasteiger partial charge in [-0.3, -0.25) is 0 Å². The quantitative estimate of drug-likeness (QED) is 0.916. The van der Waals surface area contributed by atoms with Gasteiger partial charge in [-0.25, -0.2) is 4.39 Å². The normalized spacial score (nSPS) is 12.2. The van der Waals surface area contributed by atoms with Crippen LogP contribution >= 0.6 is 11.6 Å². The smallest absolute Gasteiger partial charge is 0.165 e. The first kappa shape index (κ1) is 14.8. The number of halogens is 2. The first-order chi connectivity index (χ1) is 9.56. The Kier molecular flexibility index (Phi) is 4.63. The molecule has 0 aliphatic rings. The monoisotopic (exact) mass is 293 g/mol. The SMILES string of the molecule is CNC(c1ccc(C)c(Cl)c1)c1ccc(F)c(OC)c1. The van der Waals surface area contributed by atoms with Gasteiger partial charge in [0.2, 0.25) is 0 Å². The molecule has 1 unspecified atom stereocenters. The maximum atomic E-state index is 13.5. The molecule has 0 amide bonds. The Labute approximate surface area is 123 Å². The largest absolute Gasteiger partial charge is 0.494 e. The molecule has 0 radical (unpaired) electrons. The summed E-state index contributed by atoms with van der Waals surface area (Å²) in [5.41, 5.74) is 2.98. The number of benzene rings is 2. The zero-order chi connectivity index (χ0) is 14.7. The number of ether oxygens (including phenoxy) is 1. The standard InChI is InChI=1S/C16H17ClFNO/c1-10-4-5-11(8-13(10)17)16(19-2)12-6-7-14(18)15(9-12)20-3/h4-9,16,19H,1-3H3. The first-order valence-corrected chi connectivity index (χ1v) is 6.71. The fraction of sp³-hybridized carbons (Fsp3) is 0.250. The van der Waals surface area contributed by atoms with Crippen LogP contribution in [0.3, 0.4) is 0 Å². The van der Waals surface area contributed by atoms with Crippen LogP contribution in [0, 0.1) is 12.7 Å². The van der Waals surface area contributed by atoms with Crippen molar-refractivity contribution in [2.45, 2.75) is 13.0 Å². The van der Waals surface area contributed by atoms with Crippen LogP contribution in [0.1, 0.15) is 22.7 Å². The molecular weight excluding hydrogens is 277 g/mol. The van der Waals surface area contributed by atoms with Crippen LogP contribution in [0.25, 0.3) is 0 Å². The van der Waals surface area contributed by atoms with E-state index in [-0.39, 0.29) is 17.6 Å². The second kappa shape index (κ2) is 6.25. The van der Waals surface area contributed by atoms with Gasteiger partial charge in [0, 0.05) is 5.02 Å². The van der Waals surface area contributed by atoms with Crippen LogP contribution in [0.4, 0.5) is 4.39 Å². The van der Waals surface area contributed by atoms with E-state index in [1.54, 1.807) is 12.1 Å². The summed E-state index contributed by atoms with van der Waals surface area (Å²) in [5, 5.41) is 3.93. The summed E-state index contributed by atoms with van der Waals surface area (Å²) in [7, 11) is 3.31. The van der Waals surface area contributed by atoms with Crippen LogP contribution < -0.4 is 10.1 Å². The molecule has 1 atom stereocenters. The summed E-state index contributed by atoms with van der Waals surface area (Å²) in [4.78, 5) is 0. The molecule has 0 saturated carbocycles. The van der Waals surface area contributed by atoms with E-state index in [1.807, 2.05) is 32.2 Å². The molecule has 0 aliphatic heterocycles. The average Bonchev–Trinajstić information content (AvgIpc) is 2.45. The Morgan fingerprint density at radius 1 is 1.15 bits per heavy atom. The number of rotatable bonds is 4. The second-order valence-electron chi connectivity index (χ2n) is 4.62. The Morgan fingerprint density at radius 3 is 2.40 bits per heavy atom. The van der Waals surface area contributed by atoms with Crippen LogP contribution in [-0.4, -0.2) is 14.2 Å². The molecule has 0 aromatic heterocycles. The average molecular weight is 294 g/mol. The Bertz CT molecular complexity index is 615. The van der Waals surface area contributed by atoms with Crippen molar-refractivity contribution in [3.8, 4) is 5.75 Å². The van der Waals surface area contributed by atoms with Crippen LogP contribution in [0.5, 0.6) is 5.75 Å². The molecule has 0 bridgehead atoms. The molecular formula is C16H17ClFNO. The van der Waals surface area contributed by atoms with Crippen molar-refractivity contribution in [2.75, 3.05) is 14.2 Å². The van der Waals surface area contributed by atoms with E-state index in [2.05, 4.69) is 5.32 Å². The van der Waals surface area contributed by atoms with Crippen LogP contribution in [-0.2, 0) is 0 Å². The van der Waals surface area contributed by atoms with Gasteiger partial charge in [-0.15, -0.1) is 0 Å². The maximum Gasteiger partial charge on any atom is 0.165 e. The van der Waals surface area contributed by atoms with Gasteiger partial charge in [0.15, 0.2) is 11.6 Å². The molecule has 20 heavy (non-hydrogen) atoms. The highest BCUT2D eigenvalue weighted by molar-refractivity contribution is 6.31. The van der Waals surface area contributed by atoms with E-state index in [4.69, 9.17) is 16.3 Å². The highest BCUT2D eigenvalue weighted by Crippen LogP contribution is 2.29. The third-order valence-corrected chi connectivity index (χ3v) is 3.73. The maximum absolute atomic E-state index is 13.5. The molecule has 0 aliphatic carbocycles. The molecule has 2 rings (SSSR count). The first-order valence-electron chi connectivity index (χ1n) is 6.33. The Morgan fingerprint density at radius 2 is 1.80 bits per heavy atom. The topological polar surface area (TPSA) is 21.3 Å². The summed E-state index contributed by atoms with van der Waals surface area (Å²) < 4.78 is 18.5. The van der Waals surface area contributed by atoms with E-state index in [9.17, 15) is 4.39 Å². The van der Waals surface area contributed by atoms with Gasteiger partial charge < -0.3 is 10.1 Å². The molecule has 2 aromatic rings. The summed E-state index contributed by atoms with van der Waals surface area (Å²) in [6, 6.07) is 10.7. The van der Waals surface area contributed by atoms with E-state index >= 15 is 0 Å². The summed E-state index contributed by atoms with van der Waals surface area (Å²) in [6.45, 7) is 1.96. The lowest BCUT2D eigenvalue weighted by atomic mass is 9.97. The molecule has 106 valence electrons. The number of nitrogens with one attached hydrogen (secondary N) is 1. The molecule has 2 nitrogen and oxygen atoms in total. The van der Waals surface area contributed by atoms with E-state index in [1.165, 1.54) is 13.2 Å². The van der Waals surface area contributed by atoms with Gasteiger partial charge in [-0.2, -0.15) is 0 Å². The lowest BCUT2D eigenvalue weighted by Gasteiger charge is -2.19. The zero-order valence-electron chi connectivity index (χ0n) is 11.7. The predicted octanol–water partition coefficient (Wildman–Crippen LogP) is 4.10. The molecule has 1 N–H and O–H groups in total. The Balaban J connectivity index is 2.43. The summed E-state index contributed by atoms with van der Waals surface area (Å²) in [5.74, 6) is -0.131. The molecule has 4 heteroatoms. The van der Waals surface area contributed by atoms with Crippen molar-refractivity contribution >= 4 is 11.6 Å². The van der Waals surface area contributed by atoms with Gasteiger partial charge >= 0.3 is 0 Å². The van der Waals surface area contributed by atoms with E-state index in [0.29, 0.717) is 0 Å². The highest BCUT2D eigenvalue weighted by Gasteiger charge is 2.15. The van der Waals surface area contributed by atoms with E-state index in [0.717, 1.165) is 21.7 Å². The minimum absolute atomic E-state index is 0.0670. The number of hydrogen-bond donors (Lipinski definition) is 1. The number of methoxy groups -OCH3 is 1. The van der Waals surface area contributed by atoms with Gasteiger partial charge in [0.25, 0.3) is 0 Å². The fourth-order valence-electron chi connectivity index (χ4n) is 2.17. The minimum Gasteiger partial charge on any atom is -0.494 e. The lowest BCUT2D eigenvalue weighted by Crippen LogP contribution is -2.17. The molecule has 0 fully saturated rings. The molecule has 2 aromatic carbocycles. The van der Waals surface area contributed by atoms with Crippen molar-refractivity contribution in [3.05, 3.63) is 63.9 Å².